The molecular formula is C12H18ClN3O2S. The summed E-state index contributed by atoms with van der Waals surface area (Å²) in [6.45, 7) is 3.39. The van der Waals surface area contributed by atoms with Gasteiger partial charge in [0.1, 0.15) is 5.15 Å². The minimum atomic E-state index is -3.47. The number of pyridine rings is 1. The number of nitrogens with zero attached hydrogens (tertiary/aromatic N) is 3. The quantitative estimate of drug-likeness (QED) is 0.773. The molecule has 0 saturated carbocycles. The van der Waals surface area contributed by atoms with E-state index in [1.807, 2.05) is 0 Å². The number of hydrogen-bond donors (Lipinski definition) is 0. The van der Waals surface area contributed by atoms with Gasteiger partial charge < -0.3 is 4.90 Å². The van der Waals surface area contributed by atoms with Gasteiger partial charge in [-0.3, -0.25) is 0 Å². The Morgan fingerprint density at radius 1 is 1.42 bits per heavy atom. The maximum atomic E-state index is 12.3. The maximum Gasteiger partial charge on any atom is 0.243 e. The molecule has 0 atom stereocenters. The van der Waals surface area contributed by atoms with Gasteiger partial charge in [0, 0.05) is 26.3 Å². The van der Waals surface area contributed by atoms with Gasteiger partial charge in [0.15, 0.2) is 0 Å². The fourth-order valence-electron chi connectivity index (χ4n) is 2.13. The van der Waals surface area contributed by atoms with Crippen molar-refractivity contribution >= 4 is 21.6 Å². The molecule has 0 unspecified atom stereocenters. The Morgan fingerprint density at radius 3 is 2.74 bits per heavy atom. The number of halogens is 1. The van der Waals surface area contributed by atoms with E-state index in [0.717, 1.165) is 19.6 Å². The molecule has 1 aromatic heterocycles. The number of sulfonamides is 1. The molecule has 7 heteroatoms. The van der Waals surface area contributed by atoms with Crippen molar-refractivity contribution in [3.8, 4) is 0 Å². The van der Waals surface area contributed by atoms with Crippen molar-refractivity contribution in [2.24, 2.45) is 0 Å². The third kappa shape index (κ3) is 3.66. The van der Waals surface area contributed by atoms with Crippen LogP contribution < -0.4 is 0 Å². The highest BCUT2D eigenvalue weighted by Gasteiger charge is 2.22. The van der Waals surface area contributed by atoms with Crippen LogP contribution in [0.25, 0.3) is 0 Å². The van der Waals surface area contributed by atoms with Gasteiger partial charge in [0.25, 0.3) is 0 Å². The van der Waals surface area contributed by atoms with Crippen LogP contribution in [-0.4, -0.2) is 55.8 Å². The zero-order chi connectivity index (χ0) is 13.9. The third-order valence-electron chi connectivity index (χ3n) is 3.34. The summed E-state index contributed by atoms with van der Waals surface area (Å²) in [4.78, 5) is 6.27. The smallest absolute Gasteiger partial charge is 0.243 e. The fraction of sp³-hybridized carbons (Fsp3) is 0.583. The zero-order valence-corrected chi connectivity index (χ0v) is 12.5. The summed E-state index contributed by atoms with van der Waals surface area (Å²) < 4.78 is 26.0. The first kappa shape index (κ1) is 14.7. The van der Waals surface area contributed by atoms with Crippen molar-refractivity contribution < 1.29 is 8.42 Å². The summed E-state index contributed by atoms with van der Waals surface area (Å²) in [7, 11) is -1.87. The minimum Gasteiger partial charge on any atom is -0.302 e. The lowest BCUT2D eigenvalue weighted by Gasteiger charge is -2.21. The van der Waals surface area contributed by atoms with Crippen LogP contribution in [0.4, 0.5) is 0 Å². The highest BCUT2D eigenvalue weighted by molar-refractivity contribution is 7.89. The molecule has 1 saturated heterocycles. The zero-order valence-electron chi connectivity index (χ0n) is 10.9. The van der Waals surface area contributed by atoms with Gasteiger partial charge >= 0.3 is 0 Å². The van der Waals surface area contributed by atoms with E-state index in [1.54, 1.807) is 7.05 Å². The largest absolute Gasteiger partial charge is 0.302 e. The van der Waals surface area contributed by atoms with Gasteiger partial charge in [-0.2, -0.15) is 4.31 Å². The summed E-state index contributed by atoms with van der Waals surface area (Å²) in [5, 5.41) is 0.189. The van der Waals surface area contributed by atoms with Crippen LogP contribution in [0.1, 0.15) is 12.8 Å². The normalized spacial score (nSPS) is 17.2. The first-order valence-corrected chi connectivity index (χ1v) is 8.12. The second-order valence-corrected chi connectivity index (χ2v) is 7.12. The Balaban J connectivity index is 2.02. The van der Waals surface area contributed by atoms with Crippen molar-refractivity contribution in [2.45, 2.75) is 17.7 Å². The predicted molar refractivity (Wildman–Crippen MR) is 74.7 cm³/mol. The molecule has 19 heavy (non-hydrogen) atoms. The summed E-state index contributed by atoms with van der Waals surface area (Å²) in [6, 6.07) is 2.84. The maximum absolute atomic E-state index is 12.3. The molecule has 0 aliphatic carbocycles. The van der Waals surface area contributed by atoms with Gasteiger partial charge in [-0.15, -0.1) is 0 Å². The molecule has 1 aromatic rings. The van der Waals surface area contributed by atoms with E-state index in [1.165, 1.54) is 35.5 Å². The summed E-state index contributed by atoms with van der Waals surface area (Å²) in [5.41, 5.74) is 0. The van der Waals surface area contributed by atoms with E-state index < -0.39 is 10.0 Å². The predicted octanol–water partition coefficient (Wildman–Crippen LogP) is 1.45. The second kappa shape index (κ2) is 6.17. The van der Waals surface area contributed by atoms with E-state index >= 15 is 0 Å². The molecule has 0 radical (unpaired) electrons. The van der Waals surface area contributed by atoms with E-state index in [4.69, 9.17) is 11.6 Å². The monoisotopic (exact) mass is 303 g/mol. The molecule has 0 bridgehead atoms. The average Bonchev–Trinajstić information content (AvgIpc) is 2.89. The fourth-order valence-corrected chi connectivity index (χ4v) is 3.55. The molecule has 2 rings (SSSR count). The van der Waals surface area contributed by atoms with Gasteiger partial charge in [-0.05, 0) is 38.1 Å². The Bertz CT molecular complexity index is 530. The second-order valence-electron chi connectivity index (χ2n) is 4.69. The van der Waals surface area contributed by atoms with E-state index in [-0.39, 0.29) is 10.0 Å². The summed E-state index contributed by atoms with van der Waals surface area (Å²) >= 11 is 5.73. The van der Waals surface area contributed by atoms with Crippen LogP contribution in [0.2, 0.25) is 5.15 Å². The standard InChI is InChI=1S/C12H18ClN3O2S/c1-15(8-9-16-6-2-3-7-16)19(17,18)11-4-5-14-12(13)10-11/h4-5,10H,2-3,6-9H2,1H3. The molecule has 2 heterocycles. The van der Waals surface area contributed by atoms with Crippen molar-refractivity contribution in [3.63, 3.8) is 0 Å². The van der Waals surface area contributed by atoms with Gasteiger partial charge in [0.2, 0.25) is 10.0 Å². The highest BCUT2D eigenvalue weighted by Crippen LogP contribution is 2.17. The van der Waals surface area contributed by atoms with Gasteiger partial charge in [-0.25, -0.2) is 13.4 Å². The molecule has 0 aromatic carbocycles. The molecule has 5 nitrogen and oxygen atoms in total. The lowest BCUT2D eigenvalue weighted by molar-refractivity contribution is 0.310. The van der Waals surface area contributed by atoms with E-state index in [2.05, 4.69) is 9.88 Å². The third-order valence-corrected chi connectivity index (χ3v) is 5.40. The number of likely N-dealkylation sites (N-methyl/N-ethyl adjacent to an activating group) is 1. The lowest BCUT2D eigenvalue weighted by Crippen LogP contribution is -2.35. The summed E-state index contributed by atoms with van der Waals surface area (Å²) in [5.74, 6) is 0. The highest BCUT2D eigenvalue weighted by atomic mass is 35.5. The molecule has 106 valence electrons. The van der Waals surface area contributed by atoms with E-state index in [0.29, 0.717) is 6.54 Å². The molecule has 1 aliphatic rings. The Hall–Kier alpha value is -0.690. The van der Waals surface area contributed by atoms with Crippen LogP contribution in [0.3, 0.4) is 0 Å². The average molecular weight is 304 g/mol. The van der Waals surface area contributed by atoms with Crippen molar-refractivity contribution in [1.82, 2.24) is 14.2 Å². The van der Waals surface area contributed by atoms with Gasteiger partial charge in [-0.1, -0.05) is 11.6 Å². The minimum absolute atomic E-state index is 0.189. The molecule has 1 fully saturated rings. The molecule has 0 spiro atoms. The first-order chi connectivity index (χ1) is 9.00. The number of rotatable bonds is 5. The Morgan fingerprint density at radius 2 is 2.11 bits per heavy atom. The Labute approximate surface area is 119 Å². The topological polar surface area (TPSA) is 53.5 Å². The van der Waals surface area contributed by atoms with Crippen LogP contribution in [-0.2, 0) is 10.0 Å². The number of aromatic nitrogens is 1. The van der Waals surface area contributed by atoms with E-state index in [9.17, 15) is 8.42 Å². The number of hydrogen-bond acceptors (Lipinski definition) is 4. The molecule has 0 amide bonds. The van der Waals surface area contributed by atoms with Crippen LogP contribution >= 0.6 is 11.6 Å². The van der Waals surface area contributed by atoms with Crippen LogP contribution in [0.5, 0.6) is 0 Å². The van der Waals surface area contributed by atoms with Crippen molar-refractivity contribution in [2.75, 3.05) is 33.2 Å². The molecule has 1 aliphatic heterocycles. The lowest BCUT2D eigenvalue weighted by atomic mass is 10.4. The number of likely N-dealkylation sites (tertiary alicyclic amines) is 1. The molecular weight excluding hydrogens is 286 g/mol. The SMILES string of the molecule is CN(CCN1CCCC1)S(=O)(=O)c1ccnc(Cl)c1. The molecule has 0 N–H and O–H groups in total. The van der Waals surface area contributed by atoms with Crippen LogP contribution in [0, 0.1) is 0 Å². The van der Waals surface area contributed by atoms with Crippen molar-refractivity contribution in [3.05, 3.63) is 23.5 Å². The Kier molecular flexibility index (Phi) is 4.78. The van der Waals surface area contributed by atoms with Crippen molar-refractivity contribution in [1.29, 1.82) is 0 Å². The first-order valence-electron chi connectivity index (χ1n) is 6.30. The summed E-state index contributed by atoms with van der Waals surface area (Å²) in [6.07, 6.45) is 3.82. The van der Waals surface area contributed by atoms with Gasteiger partial charge in [0.05, 0.1) is 4.90 Å². The van der Waals surface area contributed by atoms with Crippen LogP contribution in [0.15, 0.2) is 23.2 Å².